The van der Waals surface area contributed by atoms with Gasteiger partial charge in [0.15, 0.2) is 0 Å². The molecule has 0 saturated carbocycles. The number of anilines is 1. The Hall–Kier alpha value is -1.98. The zero-order valence-electron chi connectivity index (χ0n) is 11.0. The Bertz CT molecular complexity index is 491. The largest absolute Gasteiger partial charge is 0.368 e. The number of rotatable bonds is 5. The summed E-state index contributed by atoms with van der Waals surface area (Å²) < 4.78 is 1.78. The van der Waals surface area contributed by atoms with Crippen molar-refractivity contribution < 1.29 is 0 Å². The van der Waals surface area contributed by atoms with Crippen molar-refractivity contribution >= 4 is 5.82 Å². The molecule has 0 aliphatic heterocycles. The molecule has 0 amide bonds. The number of aromatic nitrogens is 5. The van der Waals surface area contributed by atoms with E-state index in [0.717, 1.165) is 30.4 Å². The molecule has 2 aromatic rings. The van der Waals surface area contributed by atoms with E-state index in [1.807, 2.05) is 19.2 Å². The summed E-state index contributed by atoms with van der Waals surface area (Å²) >= 11 is 0. The Kier molecular flexibility index (Phi) is 3.86. The number of hydrogen-bond acceptors (Lipinski definition) is 5. The maximum absolute atomic E-state index is 4.48. The van der Waals surface area contributed by atoms with Gasteiger partial charge in [0.2, 0.25) is 0 Å². The third-order valence-electron chi connectivity index (χ3n) is 2.51. The summed E-state index contributed by atoms with van der Waals surface area (Å²) in [4.78, 5) is 8.90. The highest BCUT2D eigenvalue weighted by Gasteiger charge is 2.05. The second-order valence-corrected chi connectivity index (χ2v) is 4.50. The Morgan fingerprint density at radius 3 is 2.83 bits per heavy atom. The van der Waals surface area contributed by atoms with Crippen LogP contribution in [0.5, 0.6) is 0 Å². The summed E-state index contributed by atoms with van der Waals surface area (Å²) in [6.45, 7) is 7.69. The SMILES string of the molecule is Cc1cc(NCCn2ccnn2)nc(C(C)C)n1. The zero-order chi connectivity index (χ0) is 13.0. The molecule has 96 valence electrons. The standard InChI is InChI=1S/C12H18N6/c1-9(2)12-15-10(3)8-11(16-12)13-4-6-18-7-5-14-17-18/h5,7-9H,4,6H2,1-3H3,(H,13,15,16). The van der Waals surface area contributed by atoms with E-state index < -0.39 is 0 Å². The quantitative estimate of drug-likeness (QED) is 0.868. The van der Waals surface area contributed by atoms with Crippen LogP contribution in [0.15, 0.2) is 18.5 Å². The molecule has 0 unspecified atom stereocenters. The van der Waals surface area contributed by atoms with Crippen LogP contribution in [-0.4, -0.2) is 31.5 Å². The van der Waals surface area contributed by atoms with E-state index >= 15 is 0 Å². The van der Waals surface area contributed by atoms with Crippen LogP contribution in [0.1, 0.15) is 31.3 Å². The van der Waals surface area contributed by atoms with E-state index in [9.17, 15) is 0 Å². The Balaban J connectivity index is 1.96. The van der Waals surface area contributed by atoms with E-state index in [2.05, 4.69) is 39.4 Å². The van der Waals surface area contributed by atoms with Crippen LogP contribution in [-0.2, 0) is 6.54 Å². The fourth-order valence-corrected chi connectivity index (χ4v) is 1.59. The van der Waals surface area contributed by atoms with Crippen molar-refractivity contribution in [3.8, 4) is 0 Å². The second kappa shape index (κ2) is 5.57. The van der Waals surface area contributed by atoms with Crippen molar-refractivity contribution in [2.45, 2.75) is 33.2 Å². The fourth-order valence-electron chi connectivity index (χ4n) is 1.59. The summed E-state index contributed by atoms with van der Waals surface area (Å²) in [5.74, 6) is 2.07. The summed E-state index contributed by atoms with van der Waals surface area (Å²) in [7, 11) is 0. The van der Waals surface area contributed by atoms with Gasteiger partial charge in [-0.2, -0.15) is 0 Å². The van der Waals surface area contributed by atoms with Gasteiger partial charge in [0, 0.05) is 30.4 Å². The predicted molar refractivity (Wildman–Crippen MR) is 69.4 cm³/mol. The minimum atomic E-state index is 0.334. The number of nitrogens with zero attached hydrogens (tertiary/aromatic N) is 5. The first kappa shape index (κ1) is 12.5. The first-order valence-electron chi connectivity index (χ1n) is 6.08. The normalized spacial score (nSPS) is 10.9. The smallest absolute Gasteiger partial charge is 0.133 e. The number of aryl methyl sites for hydroxylation is 1. The lowest BCUT2D eigenvalue weighted by Crippen LogP contribution is -2.13. The molecule has 0 saturated heterocycles. The first-order chi connectivity index (χ1) is 8.65. The number of nitrogens with one attached hydrogen (secondary N) is 1. The van der Waals surface area contributed by atoms with Crippen molar-refractivity contribution in [1.29, 1.82) is 0 Å². The van der Waals surface area contributed by atoms with Crippen LogP contribution in [0.3, 0.4) is 0 Å². The van der Waals surface area contributed by atoms with Gasteiger partial charge in [0.1, 0.15) is 11.6 Å². The molecule has 0 bridgehead atoms. The predicted octanol–water partition coefficient (Wildman–Crippen LogP) is 1.61. The Morgan fingerprint density at radius 1 is 1.33 bits per heavy atom. The van der Waals surface area contributed by atoms with E-state index in [1.165, 1.54) is 0 Å². The molecule has 0 fully saturated rings. The van der Waals surface area contributed by atoms with Gasteiger partial charge in [0.05, 0.1) is 12.7 Å². The highest BCUT2D eigenvalue weighted by atomic mass is 15.4. The van der Waals surface area contributed by atoms with E-state index in [0.29, 0.717) is 5.92 Å². The average molecular weight is 246 g/mol. The monoisotopic (exact) mass is 246 g/mol. The van der Waals surface area contributed by atoms with Gasteiger partial charge < -0.3 is 5.32 Å². The van der Waals surface area contributed by atoms with Crippen LogP contribution < -0.4 is 5.32 Å². The van der Waals surface area contributed by atoms with E-state index in [4.69, 9.17) is 0 Å². The molecule has 2 aromatic heterocycles. The molecule has 2 heterocycles. The van der Waals surface area contributed by atoms with Gasteiger partial charge in [-0.1, -0.05) is 19.1 Å². The molecule has 6 nitrogen and oxygen atoms in total. The van der Waals surface area contributed by atoms with Crippen LogP contribution >= 0.6 is 0 Å². The maximum Gasteiger partial charge on any atom is 0.133 e. The average Bonchev–Trinajstić information content (AvgIpc) is 2.81. The first-order valence-corrected chi connectivity index (χ1v) is 6.08. The van der Waals surface area contributed by atoms with Gasteiger partial charge >= 0.3 is 0 Å². The minimum absolute atomic E-state index is 0.334. The third-order valence-corrected chi connectivity index (χ3v) is 2.51. The molecule has 0 spiro atoms. The van der Waals surface area contributed by atoms with Crippen molar-refractivity contribution in [1.82, 2.24) is 25.0 Å². The van der Waals surface area contributed by atoms with E-state index in [1.54, 1.807) is 10.9 Å². The Labute approximate surface area is 106 Å². The molecule has 0 aromatic carbocycles. The minimum Gasteiger partial charge on any atom is -0.368 e. The van der Waals surface area contributed by atoms with Gasteiger partial charge in [-0.05, 0) is 6.92 Å². The van der Waals surface area contributed by atoms with Crippen LogP contribution in [0.2, 0.25) is 0 Å². The van der Waals surface area contributed by atoms with Crippen LogP contribution in [0, 0.1) is 6.92 Å². The van der Waals surface area contributed by atoms with Crippen LogP contribution in [0.4, 0.5) is 5.82 Å². The molecule has 6 heteroatoms. The van der Waals surface area contributed by atoms with E-state index in [-0.39, 0.29) is 0 Å². The molecule has 0 radical (unpaired) electrons. The van der Waals surface area contributed by atoms with Gasteiger partial charge in [0.25, 0.3) is 0 Å². The highest BCUT2D eigenvalue weighted by Crippen LogP contribution is 2.13. The fraction of sp³-hybridized carbons (Fsp3) is 0.500. The van der Waals surface area contributed by atoms with Crippen molar-refractivity contribution in [3.63, 3.8) is 0 Å². The Morgan fingerprint density at radius 2 is 2.17 bits per heavy atom. The summed E-state index contributed by atoms with van der Waals surface area (Å²) in [6.07, 6.45) is 3.51. The second-order valence-electron chi connectivity index (χ2n) is 4.50. The molecule has 18 heavy (non-hydrogen) atoms. The zero-order valence-corrected chi connectivity index (χ0v) is 11.0. The topological polar surface area (TPSA) is 68.5 Å². The molecular formula is C12H18N6. The van der Waals surface area contributed by atoms with Gasteiger partial charge in [-0.25, -0.2) is 9.97 Å². The van der Waals surface area contributed by atoms with Crippen molar-refractivity contribution in [2.24, 2.45) is 0 Å². The molecule has 2 rings (SSSR count). The molecular weight excluding hydrogens is 228 g/mol. The lowest BCUT2D eigenvalue weighted by atomic mass is 10.2. The molecule has 0 atom stereocenters. The highest BCUT2D eigenvalue weighted by molar-refractivity contribution is 5.36. The molecule has 1 N–H and O–H groups in total. The molecule has 0 aliphatic rings. The summed E-state index contributed by atoms with van der Waals surface area (Å²) in [5, 5.41) is 10.9. The third kappa shape index (κ3) is 3.26. The lowest BCUT2D eigenvalue weighted by molar-refractivity contribution is 0.608. The van der Waals surface area contributed by atoms with Crippen molar-refractivity contribution in [3.05, 3.63) is 30.0 Å². The number of hydrogen-bond donors (Lipinski definition) is 1. The maximum atomic E-state index is 4.48. The van der Waals surface area contributed by atoms with Crippen molar-refractivity contribution in [2.75, 3.05) is 11.9 Å². The van der Waals surface area contributed by atoms with Gasteiger partial charge in [-0.3, -0.25) is 4.68 Å². The summed E-state index contributed by atoms with van der Waals surface area (Å²) in [6, 6.07) is 1.95. The molecule has 0 aliphatic carbocycles. The van der Waals surface area contributed by atoms with Crippen LogP contribution in [0.25, 0.3) is 0 Å². The van der Waals surface area contributed by atoms with Gasteiger partial charge in [-0.15, -0.1) is 5.10 Å². The summed E-state index contributed by atoms with van der Waals surface area (Å²) in [5.41, 5.74) is 0.983. The lowest BCUT2D eigenvalue weighted by Gasteiger charge is -2.10.